The van der Waals surface area contributed by atoms with Crippen LogP contribution in [0, 0.1) is 11.6 Å². The van der Waals surface area contributed by atoms with Crippen molar-refractivity contribution in [2.24, 2.45) is 0 Å². The van der Waals surface area contributed by atoms with Crippen LogP contribution >= 0.6 is 11.6 Å². The molecule has 6 nitrogen and oxygen atoms in total. The Labute approximate surface area is 150 Å². The Balaban J connectivity index is 1.69. The molecule has 134 valence electrons. The van der Waals surface area contributed by atoms with Gasteiger partial charge in [0.2, 0.25) is 0 Å². The van der Waals surface area contributed by atoms with Gasteiger partial charge in [-0.1, -0.05) is 11.6 Å². The highest BCUT2D eigenvalue weighted by Gasteiger charge is 2.20. The molecule has 2 aromatic carbocycles. The second-order valence-electron chi connectivity index (χ2n) is 5.29. The molecule has 0 fully saturated rings. The molecule has 0 spiro atoms. The summed E-state index contributed by atoms with van der Waals surface area (Å²) in [4.78, 5) is 35.4. The van der Waals surface area contributed by atoms with E-state index < -0.39 is 35.6 Å². The third-order valence-electron chi connectivity index (χ3n) is 3.50. The van der Waals surface area contributed by atoms with E-state index in [2.05, 4.69) is 5.32 Å². The number of carbonyl (C=O) groups is 3. The lowest BCUT2D eigenvalue weighted by molar-refractivity contribution is -0.118. The zero-order valence-corrected chi connectivity index (χ0v) is 13.7. The molecule has 1 amide bonds. The molecule has 0 aromatic heterocycles. The van der Waals surface area contributed by atoms with Crippen LogP contribution in [-0.2, 0) is 9.53 Å². The average Bonchev–Trinajstić information content (AvgIpc) is 2.61. The van der Waals surface area contributed by atoms with Crippen molar-refractivity contribution in [1.82, 2.24) is 0 Å². The molecule has 0 radical (unpaired) electrons. The predicted molar refractivity (Wildman–Crippen MR) is 86.5 cm³/mol. The fourth-order valence-corrected chi connectivity index (χ4v) is 2.46. The Bertz CT molecular complexity index is 932. The molecular weight excluding hydrogens is 372 g/mol. The topological polar surface area (TPSA) is 81.7 Å². The van der Waals surface area contributed by atoms with Crippen molar-refractivity contribution in [1.29, 1.82) is 0 Å². The maximum atomic E-state index is 13.2. The van der Waals surface area contributed by atoms with Gasteiger partial charge in [0.05, 0.1) is 16.3 Å². The summed E-state index contributed by atoms with van der Waals surface area (Å²) < 4.78 is 36.2. The van der Waals surface area contributed by atoms with E-state index in [1.54, 1.807) is 0 Å². The van der Waals surface area contributed by atoms with E-state index in [9.17, 15) is 23.2 Å². The van der Waals surface area contributed by atoms with Crippen molar-refractivity contribution in [3.05, 3.63) is 58.1 Å². The lowest BCUT2D eigenvalue weighted by atomic mass is 10.1. The van der Waals surface area contributed by atoms with E-state index in [1.165, 1.54) is 18.2 Å². The van der Waals surface area contributed by atoms with Crippen LogP contribution < -0.4 is 10.1 Å². The minimum atomic E-state index is -1.27. The fourth-order valence-electron chi connectivity index (χ4n) is 2.23. The molecule has 1 N–H and O–H groups in total. The number of ketones is 1. The van der Waals surface area contributed by atoms with Crippen molar-refractivity contribution >= 4 is 34.9 Å². The van der Waals surface area contributed by atoms with Crippen molar-refractivity contribution in [2.75, 3.05) is 18.5 Å². The third kappa shape index (κ3) is 3.65. The molecule has 0 saturated carbocycles. The number of hydrogen-bond donors (Lipinski definition) is 1. The number of nitrogens with one attached hydrogen (secondary N) is 1. The van der Waals surface area contributed by atoms with Crippen molar-refractivity contribution in [3.8, 4) is 5.75 Å². The van der Waals surface area contributed by atoms with Crippen molar-refractivity contribution in [2.45, 2.75) is 0 Å². The summed E-state index contributed by atoms with van der Waals surface area (Å²) in [5, 5.41) is 2.21. The minimum Gasteiger partial charge on any atom is -0.482 e. The van der Waals surface area contributed by atoms with Gasteiger partial charge < -0.3 is 14.8 Å². The number of rotatable bonds is 4. The summed E-state index contributed by atoms with van der Waals surface area (Å²) in [7, 11) is 0. The Hall–Kier alpha value is -3.00. The number of fused-ring (bicyclic) bond motifs is 1. The molecular formula is C17H10ClF2NO5. The lowest BCUT2D eigenvalue weighted by Crippen LogP contribution is -2.25. The molecule has 0 bridgehead atoms. The van der Waals surface area contributed by atoms with E-state index in [1.807, 2.05) is 0 Å². The highest BCUT2D eigenvalue weighted by Crippen LogP contribution is 2.28. The highest BCUT2D eigenvalue weighted by molar-refractivity contribution is 6.33. The standard InChI is InChI=1S/C17H10ClF2NO5/c18-10-5-12(20)11(19)4-9(10)17(24)26-6-14(22)8-1-2-15-13(3-8)21-16(23)7-25-15/h1-5H,6-7H2,(H,21,23). The van der Waals surface area contributed by atoms with Crippen molar-refractivity contribution in [3.63, 3.8) is 0 Å². The number of halogens is 3. The number of Topliss-reactive ketones (excluding diaryl/α,β-unsaturated/α-hetero) is 1. The van der Waals surface area contributed by atoms with Crippen LogP contribution in [0.2, 0.25) is 5.02 Å². The summed E-state index contributed by atoms with van der Waals surface area (Å²) in [5.74, 6) is -4.07. The van der Waals surface area contributed by atoms with Crippen LogP contribution in [0.5, 0.6) is 5.75 Å². The molecule has 1 aliphatic rings. The van der Waals surface area contributed by atoms with Gasteiger partial charge in [0.25, 0.3) is 5.91 Å². The van der Waals surface area contributed by atoms with Crippen LogP contribution in [0.3, 0.4) is 0 Å². The van der Waals surface area contributed by atoms with E-state index in [-0.39, 0.29) is 23.1 Å². The number of anilines is 1. The van der Waals surface area contributed by atoms with Gasteiger partial charge in [0.1, 0.15) is 5.75 Å². The summed E-state index contributed by atoms with van der Waals surface area (Å²) in [6.45, 7) is -0.769. The van der Waals surface area contributed by atoms with Gasteiger partial charge in [-0.3, -0.25) is 9.59 Å². The van der Waals surface area contributed by atoms with Crippen molar-refractivity contribution < 1.29 is 32.6 Å². The smallest absolute Gasteiger partial charge is 0.340 e. The Morgan fingerprint density at radius 1 is 1.19 bits per heavy atom. The number of benzene rings is 2. The average molecular weight is 382 g/mol. The Morgan fingerprint density at radius 3 is 2.69 bits per heavy atom. The number of esters is 1. The van der Waals surface area contributed by atoms with Crippen LogP contribution in [0.4, 0.5) is 14.5 Å². The summed E-state index contributed by atoms with van der Waals surface area (Å²) in [6, 6.07) is 5.55. The van der Waals surface area contributed by atoms with Crippen LogP contribution in [0.15, 0.2) is 30.3 Å². The molecule has 0 aliphatic carbocycles. The van der Waals surface area contributed by atoms with E-state index >= 15 is 0 Å². The molecule has 1 aliphatic heterocycles. The lowest BCUT2D eigenvalue weighted by Gasteiger charge is -2.18. The molecule has 0 saturated heterocycles. The maximum absolute atomic E-state index is 13.2. The molecule has 26 heavy (non-hydrogen) atoms. The molecule has 9 heteroatoms. The molecule has 3 rings (SSSR count). The fraction of sp³-hybridized carbons (Fsp3) is 0.118. The van der Waals surface area contributed by atoms with E-state index in [0.717, 1.165) is 0 Å². The summed E-state index contributed by atoms with van der Waals surface area (Å²) in [5.41, 5.74) is 0.0882. The largest absolute Gasteiger partial charge is 0.482 e. The van der Waals surface area contributed by atoms with E-state index in [4.69, 9.17) is 21.1 Å². The zero-order valence-electron chi connectivity index (χ0n) is 13.0. The SMILES string of the molecule is O=C1COc2ccc(C(=O)COC(=O)c3cc(F)c(F)cc3Cl)cc2N1. The van der Waals surface area contributed by atoms with Crippen LogP contribution in [-0.4, -0.2) is 30.9 Å². The number of amides is 1. The van der Waals surface area contributed by atoms with Gasteiger partial charge in [-0.05, 0) is 30.3 Å². The van der Waals surface area contributed by atoms with Gasteiger partial charge in [-0.2, -0.15) is 0 Å². The highest BCUT2D eigenvalue weighted by atomic mass is 35.5. The second-order valence-corrected chi connectivity index (χ2v) is 5.70. The minimum absolute atomic E-state index is 0.118. The van der Waals surface area contributed by atoms with Gasteiger partial charge in [0, 0.05) is 5.56 Å². The summed E-state index contributed by atoms with van der Waals surface area (Å²) in [6.07, 6.45) is 0. The molecule has 1 heterocycles. The normalized spacial score (nSPS) is 12.7. The predicted octanol–water partition coefficient (Wildman–Crippen LogP) is 2.99. The molecule has 0 atom stereocenters. The monoisotopic (exact) mass is 381 g/mol. The number of carbonyl (C=O) groups excluding carboxylic acids is 3. The second kappa shape index (κ2) is 7.09. The van der Waals surface area contributed by atoms with Gasteiger partial charge in [0.15, 0.2) is 30.6 Å². The maximum Gasteiger partial charge on any atom is 0.340 e. The first kappa shape index (κ1) is 17.8. The first-order valence-electron chi connectivity index (χ1n) is 7.26. The molecule has 2 aromatic rings. The van der Waals surface area contributed by atoms with Gasteiger partial charge in [-0.15, -0.1) is 0 Å². The Morgan fingerprint density at radius 2 is 1.92 bits per heavy atom. The van der Waals surface area contributed by atoms with Crippen LogP contribution in [0.25, 0.3) is 0 Å². The molecule has 0 unspecified atom stereocenters. The van der Waals surface area contributed by atoms with Gasteiger partial charge >= 0.3 is 5.97 Å². The van der Waals surface area contributed by atoms with Gasteiger partial charge in [-0.25, -0.2) is 13.6 Å². The number of ether oxygens (including phenoxy) is 2. The Kier molecular flexibility index (Phi) is 4.85. The number of hydrogen-bond acceptors (Lipinski definition) is 5. The third-order valence-corrected chi connectivity index (χ3v) is 3.81. The quantitative estimate of drug-likeness (QED) is 0.500. The van der Waals surface area contributed by atoms with Crippen LogP contribution in [0.1, 0.15) is 20.7 Å². The summed E-state index contributed by atoms with van der Waals surface area (Å²) >= 11 is 5.68. The first-order valence-corrected chi connectivity index (χ1v) is 7.64. The first-order chi connectivity index (χ1) is 12.3. The zero-order chi connectivity index (χ0) is 18.8. The van der Waals surface area contributed by atoms with E-state index in [0.29, 0.717) is 23.6 Å².